The SMILES string of the molecule is Fc1cc(CNc2ccncn2)ccc1N1CCOCC1. The molecule has 1 N–H and O–H groups in total. The molecule has 0 spiro atoms. The summed E-state index contributed by atoms with van der Waals surface area (Å²) >= 11 is 0. The van der Waals surface area contributed by atoms with E-state index in [1.54, 1.807) is 18.3 Å². The molecule has 1 aromatic heterocycles. The van der Waals surface area contributed by atoms with Crippen LogP contribution in [0.5, 0.6) is 0 Å². The Bertz CT molecular complexity index is 587. The molecule has 1 aliphatic rings. The van der Waals surface area contributed by atoms with Crippen molar-refractivity contribution in [2.75, 3.05) is 36.5 Å². The summed E-state index contributed by atoms with van der Waals surface area (Å²) in [7, 11) is 0. The maximum atomic E-state index is 14.2. The van der Waals surface area contributed by atoms with Gasteiger partial charge < -0.3 is 15.0 Å². The molecule has 21 heavy (non-hydrogen) atoms. The number of hydrogen-bond acceptors (Lipinski definition) is 5. The molecule has 0 amide bonds. The van der Waals surface area contributed by atoms with Gasteiger partial charge in [-0.2, -0.15) is 0 Å². The molecule has 110 valence electrons. The zero-order valence-corrected chi connectivity index (χ0v) is 11.6. The van der Waals surface area contributed by atoms with Crippen molar-refractivity contribution in [3.63, 3.8) is 0 Å². The third-order valence-electron chi connectivity index (χ3n) is 3.42. The second-order valence-corrected chi connectivity index (χ2v) is 4.83. The molecule has 6 heteroatoms. The fourth-order valence-electron chi connectivity index (χ4n) is 2.31. The third kappa shape index (κ3) is 3.46. The van der Waals surface area contributed by atoms with Crippen molar-refractivity contribution in [3.8, 4) is 0 Å². The van der Waals surface area contributed by atoms with E-state index in [0.29, 0.717) is 25.4 Å². The molecule has 3 rings (SSSR count). The number of ether oxygens (including phenoxy) is 1. The molecule has 0 unspecified atom stereocenters. The Hall–Kier alpha value is -2.21. The number of hydrogen-bond donors (Lipinski definition) is 1. The molecule has 1 aromatic carbocycles. The smallest absolute Gasteiger partial charge is 0.146 e. The van der Waals surface area contributed by atoms with Gasteiger partial charge in [-0.1, -0.05) is 6.07 Å². The quantitative estimate of drug-likeness (QED) is 0.933. The number of rotatable bonds is 4. The Morgan fingerprint density at radius 3 is 2.81 bits per heavy atom. The Kier molecular flexibility index (Phi) is 4.25. The van der Waals surface area contributed by atoms with Gasteiger partial charge in [0.15, 0.2) is 0 Å². The van der Waals surface area contributed by atoms with Gasteiger partial charge in [0, 0.05) is 25.8 Å². The fourth-order valence-corrected chi connectivity index (χ4v) is 2.31. The summed E-state index contributed by atoms with van der Waals surface area (Å²) in [6.45, 7) is 3.29. The highest BCUT2D eigenvalue weighted by Crippen LogP contribution is 2.22. The van der Waals surface area contributed by atoms with Crippen LogP contribution in [0.4, 0.5) is 15.9 Å². The predicted molar refractivity (Wildman–Crippen MR) is 78.8 cm³/mol. The number of morpholine rings is 1. The van der Waals surface area contributed by atoms with Crippen molar-refractivity contribution in [2.45, 2.75) is 6.54 Å². The number of halogens is 1. The topological polar surface area (TPSA) is 50.3 Å². The molecule has 0 atom stereocenters. The first kappa shape index (κ1) is 13.8. The van der Waals surface area contributed by atoms with Gasteiger partial charge in [0.05, 0.1) is 18.9 Å². The van der Waals surface area contributed by atoms with Crippen LogP contribution in [0.2, 0.25) is 0 Å². The molecular formula is C15H17FN4O. The van der Waals surface area contributed by atoms with Crippen LogP contribution in [-0.2, 0) is 11.3 Å². The second kappa shape index (κ2) is 6.49. The summed E-state index contributed by atoms with van der Waals surface area (Å²) in [6.07, 6.45) is 3.14. The highest BCUT2D eigenvalue weighted by molar-refractivity contribution is 5.50. The van der Waals surface area contributed by atoms with Gasteiger partial charge in [-0.3, -0.25) is 0 Å². The van der Waals surface area contributed by atoms with Crippen LogP contribution in [-0.4, -0.2) is 36.3 Å². The van der Waals surface area contributed by atoms with Crippen LogP contribution in [0, 0.1) is 5.82 Å². The van der Waals surface area contributed by atoms with E-state index in [1.165, 1.54) is 6.33 Å². The Labute approximate surface area is 122 Å². The molecule has 0 radical (unpaired) electrons. The molecule has 2 aromatic rings. The second-order valence-electron chi connectivity index (χ2n) is 4.83. The number of aromatic nitrogens is 2. The summed E-state index contributed by atoms with van der Waals surface area (Å²) < 4.78 is 19.5. The highest BCUT2D eigenvalue weighted by Gasteiger charge is 2.15. The maximum absolute atomic E-state index is 14.2. The van der Waals surface area contributed by atoms with Gasteiger partial charge in [0.1, 0.15) is 18.0 Å². The summed E-state index contributed by atoms with van der Waals surface area (Å²) in [4.78, 5) is 9.93. The Morgan fingerprint density at radius 2 is 2.10 bits per heavy atom. The van der Waals surface area contributed by atoms with E-state index >= 15 is 0 Å². The molecule has 1 fully saturated rings. The minimum atomic E-state index is -0.195. The number of anilines is 2. The zero-order valence-electron chi connectivity index (χ0n) is 11.6. The van der Waals surface area contributed by atoms with Gasteiger partial charge in [-0.05, 0) is 23.8 Å². The van der Waals surface area contributed by atoms with Crippen LogP contribution < -0.4 is 10.2 Å². The van der Waals surface area contributed by atoms with Crippen LogP contribution in [0.25, 0.3) is 0 Å². The lowest BCUT2D eigenvalue weighted by molar-refractivity contribution is 0.122. The Balaban J connectivity index is 1.66. The molecule has 5 nitrogen and oxygen atoms in total. The van der Waals surface area contributed by atoms with E-state index < -0.39 is 0 Å². The van der Waals surface area contributed by atoms with E-state index in [4.69, 9.17) is 4.74 Å². The first-order valence-electron chi connectivity index (χ1n) is 6.94. The zero-order chi connectivity index (χ0) is 14.5. The van der Waals surface area contributed by atoms with Crippen molar-refractivity contribution in [3.05, 3.63) is 48.2 Å². The lowest BCUT2D eigenvalue weighted by Gasteiger charge is -2.29. The van der Waals surface area contributed by atoms with Crippen molar-refractivity contribution in [1.82, 2.24) is 9.97 Å². The maximum Gasteiger partial charge on any atom is 0.146 e. The summed E-state index contributed by atoms with van der Waals surface area (Å²) in [5, 5.41) is 3.14. The largest absolute Gasteiger partial charge is 0.378 e. The summed E-state index contributed by atoms with van der Waals surface area (Å²) in [5.41, 5.74) is 1.52. The first-order chi connectivity index (χ1) is 10.3. The molecule has 2 heterocycles. The van der Waals surface area contributed by atoms with Crippen molar-refractivity contribution in [1.29, 1.82) is 0 Å². The predicted octanol–water partition coefficient (Wildman–Crippen LogP) is 2.06. The molecule has 0 aliphatic carbocycles. The van der Waals surface area contributed by atoms with E-state index in [-0.39, 0.29) is 5.82 Å². The minimum Gasteiger partial charge on any atom is -0.378 e. The number of nitrogens with one attached hydrogen (secondary N) is 1. The lowest BCUT2D eigenvalue weighted by atomic mass is 10.1. The molecular weight excluding hydrogens is 271 g/mol. The van der Waals surface area contributed by atoms with Gasteiger partial charge in [-0.25, -0.2) is 14.4 Å². The Morgan fingerprint density at radius 1 is 1.24 bits per heavy atom. The third-order valence-corrected chi connectivity index (χ3v) is 3.42. The molecule has 1 aliphatic heterocycles. The average molecular weight is 288 g/mol. The normalized spacial score (nSPS) is 15.0. The van der Waals surface area contributed by atoms with Crippen LogP contribution >= 0.6 is 0 Å². The van der Waals surface area contributed by atoms with E-state index in [2.05, 4.69) is 15.3 Å². The van der Waals surface area contributed by atoms with Gasteiger partial charge in [0.25, 0.3) is 0 Å². The fraction of sp³-hybridized carbons (Fsp3) is 0.333. The number of benzene rings is 1. The lowest BCUT2D eigenvalue weighted by Crippen LogP contribution is -2.36. The van der Waals surface area contributed by atoms with Crippen molar-refractivity contribution < 1.29 is 9.13 Å². The van der Waals surface area contributed by atoms with Crippen molar-refractivity contribution in [2.24, 2.45) is 0 Å². The summed E-state index contributed by atoms with van der Waals surface area (Å²) in [6, 6.07) is 7.11. The number of nitrogens with zero attached hydrogens (tertiary/aromatic N) is 3. The average Bonchev–Trinajstić information content (AvgIpc) is 2.55. The summed E-state index contributed by atoms with van der Waals surface area (Å²) in [5.74, 6) is 0.529. The van der Waals surface area contributed by atoms with E-state index in [1.807, 2.05) is 17.0 Å². The van der Waals surface area contributed by atoms with Gasteiger partial charge in [-0.15, -0.1) is 0 Å². The molecule has 1 saturated heterocycles. The van der Waals surface area contributed by atoms with Crippen LogP contribution in [0.15, 0.2) is 36.8 Å². The molecule has 0 saturated carbocycles. The molecule has 0 bridgehead atoms. The monoisotopic (exact) mass is 288 g/mol. The standard InChI is InChI=1S/C15H17FN4O/c16-13-9-12(10-18-15-3-4-17-11-19-15)1-2-14(13)20-5-7-21-8-6-20/h1-4,9,11H,5-8,10H2,(H,17,18,19). The highest BCUT2D eigenvalue weighted by atomic mass is 19.1. The van der Waals surface area contributed by atoms with Crippen LogP contribution in [0.1, 0.15) is 5.56 Å². The van der Waals surface area contributed by atoms with Crippen molar-refractivity contribution >= 4 is 11.5 Å². The first-order valence-corrected chi connectivity index (χ1v) is 6.94. The van der Waals surface area contributed by atoms with Crippen LogP contribution in [0.3, 0.4) is 0 Å². The van der Waals surface area contributed by atoms with E-state index in [0.717, 1.165) is 24.5 Å². The van der Waals surface area contributed by atoms with Gasteiger partial charge >= 0.3 is 0 Å². The minimum absolute atomic E-state index is 0.195. The van der Waals surface area contributed by atoms with E-state index in [9.17, 15) is 4.39 Å². The van der Waals surface area contributed by atoms with Gasteiger partial charge in [0.2, 0.25) is 0 Å².